The van der Waals surface area contributed by atoms with Crippen molar-refractivity contribution in [2.24, 2.45) is 10.9 Å². The van der Waals surface area contributed by atoms with E-state index in [1.807, 2.05) is 4.90 Å². The maximum atomic E-state index is 11.9. The van der Waals surface area contributed by atoms with E-state index in [0.717, 1.165) is 19.4 Å². The molecule has 1 unspecified atom stereocenters. The maximum Gasteiger partial charge on any atom is 0.411 e. The standard InChI is InChI=1S/C15H26F3N3O3.HI/c1-3-24-13(22)12-6-4-8-21(10-12)14(19-2)20-7-5-9-23-11-15(16,17)18;/h12H,3-11H2,1-2H3,(H,19,20);1H. The fourth-order valence-corrected chi connectivity index (χ4v) is 2.52. The van der Waals surface area contributed by atoms with Crippen LogP contribution in [0.25, 0.3) is 0 Å². The number of carbonyl (C=O) groups is 1. The van der Waals surface area contributed by atoms with Gasteiger partial charge in [-0.2, -0.15) is 13.2 Å². The molecule has 6 nitrogen and oxygen atoms in total. The Balaban J connectivity index is 0.00000576. The predicted octanol–water partition coefficient (Wildman–Crippen LogP) is 2.42. The molecule has 1 heterocycles. The van der Waals surface area contributed by atoms with Gasteiger partial charge in [-0.05, 0) is 26.2 Å². The zero-order chi connectivity index (χ0) is 18.0. The minimum atomic E-state index is -4.29. The maximum absolute atomic E-state index is 11.9. The van der Waals surface area contributed by atoms with Crippen LogP contribution >= 0.6 is 24.0 Å². The Kier molecular flexibility index (Phi) is 12.2. The molecule has 10 heteroatoms. The highest BCUT2D eigenvalue weighted by molar-refractivity contribution is 14.0. The highest BCUT2D eigenvalue weighted by atomic mass is 127. The number of guanidine groups is 1. The van der Waals surface area contributed by atoms with E-state index in [2.05, 4.69) is 15.0 Å². The van der Waals surface area contributed by atoms with Crippen molar-refractivity contribution in [1.82, 2.24) is 10.2 Å². The van der Waals surface area contributed by atoms with Crippen molar-refractivity contribution in [3.8, 4) is 0 Å². The number of likely N-dealkylation sites (tertiary alicyclic amines) is 1. The topological polar surface area (TPSA) is 63.2 Å². The molecule has 1 aliphatic rings. The van der Waals surface area contributed by atoms with Gasteiger partial charge in [-0.25, -0.2) is 0 Å². The molecule has 0 amide bonds. The van der Waals surface area contributed by atoms with Crippen LogP contribution in [-0.2, 0) is 14.3 Å². The number of ether oxygens (including phenoxy) is 2. The van der Waals surface area contributed by atoms with Crippen LogP contribution in [-0.4, -0.2) is 69.5 Å². The normalized spacial score (nSPS) is 18.5. The number of hydrogen-bond donors (Lipinski definition) is 1. The van der Waals surface area contributed by atoms with Crippen LogP contribution in [0.3, 0.4) is 0 Å². The van der Waals surface area contributed by atoms with Crippen molar-refractivity contribution in [3.63, 3.8) is 0 Å². The Hall–Kier alpha value is -0.780. The van der Waals surface area contributed by atoms with Gasteiger partial charge in [0.15, 0.2) is 5.96 Å². The summed E-state index contributed by atoms with van der Waals surface area (Å²) >= 11 is 0. The van der Waals surface area contributed by atoms with E-state index in [1.165, 1.54) is 0 Å². The van der Waals surface area contributed by atoms with Gasteiger partial charge < -0.3 is 19.7 Å². The molecule has 0 aromatic carbocycles. The van der Waals surface area contributed by atoms with Crippen molar-refractivity contribution < 1.29 is 27.4 Å². The number of piperidine rings is 1. The van der Waals surface area contributed by atoms with Crippen LogP contribution in [0.15, 0.2) is 4.99 Å². The molecule has 0 aromatic rings. The van der Waals surface area contributed by atoms with Crippen LogP contribution in [0.2, 0.25) is 0 Å². The first-order valence-electron chi connectivity index (χ1n) is 8.14. The molecule has 1 aliphatic heterocycles. The lowest BCUT2D eigenvalue weighted by Crippen LogP contribution is -2.48. The van der Waals surface area contributed by atoms with Gasteiger partial charge in [0, 0.05) is 33.3 Å². The molecule has 1 N–H and O–H groups in total. The van der Waals surface area contributed by atoms with E-state index in [1.54, 1.807) is 14.0 Å². The second-order valence-corrected chi connectivity index (χ2v) is 5.53. The number of esters is 1. The van der Waals surface area contributed by atoms with E-state index >= 15 is 0 Å². The highest BCUT2D eigenvalue weighted by Crippen LogP contribution is 2.18. The van der Waals surface area contributed by atoms with Gasteiger partial charge in [-0.1, -0.05) is 0 Å². The summed E-state index contributed by atoms with van der Waals surface area (Å²) in [5, 5.41) is 3.09. The van der Waals surface area contributed by atoms with Crippen molar-refractivity contribution in [3.05, 3.63) is 0 Å². The fourth-order valence-electron chi connectivity index (χ4n) is 2.52. The van der Waals surface area contributed by atoms with Crippen molar-refractivity contribution in [2.75, 3.05) is 46.5 Å². The molecule has 1 saturated heterocycles. The summed E-state index contributed by atoms with van der Waals surface area (Å²) in [5.74, 6) is 0.269. The summed E-state index contributed by atoms with van der Waals surface area (Å²) in [4.78, 5) is 18.0. The van der Waals surface area contributed by atoms with Crippen molar-refractivity contribution >= 4 is 35.9 Å². The van der Waals surface area contributed by atoms with Crippen molar-refractivity contribution in [2.45, 2.75) is 32.4 Å². The molecule has 1 atom stereocenters. The molecule has 0 spiro atoms. The molecule has 1 fully saturated rings. The predicted molar refractivity (Wildman–Crippen MR) is 99.2 cm³/mol. The molecule has 148 valence electrons. The van der Waals surface area contributed by atoms with Gasteiger partial charge in [0.1, 0.15) is 6.61 Å². The summed E-state index contributed by atoms with van der Waals surface area (Å²) in [5.41, 5.74) is 0. The number of halogens is 4. The lowest BCUT2D eigenvalue weighted by molar-refractivity contribution is -0.173. The quantitative estimate of drug-likeness (QED) is 0.199. The summed E-state index contributed by atoms with van der Waals surface area (Å²) in [6.07, 6.45) is -2.21. The lowest BCUT2D eigenvalue weighted by atomic mass is 9.98. The first kappa shape index (κ1) is 24.2. The largest absolute Gasteiger partial charge is 0.466 e. The van der Waals surface area contributed by atoms with Gasteiger partial charge in [-0.3, -0.25) is 9.79 Å². The first-order chi connectivity index (χ1) is 11.4. The second kappa shape index (κ2) is 12.6. The molecular weight excluding hydrogens is 454 g/mol. The minimum Gasteiger partial charge on any atom is -0.466 e. The van der Waals surface area contributed by atoms with Crippen LogP contribution < -0.4 is 5.32 Å². The van der Waals surface area contributed by atoms with Gasteiger partial charge in [-0.15, -0.1) is 24.0 Å². The lowest BCUT2D eigenvalue weighted by Gasteiger charge is -2.33. The average molecular weight is 481 g/mol. The second-order valence-electron chi connectivity index (χ2n) is 5.53. The molecule has 0 radical (unpaired) electrons. The number of nitrogens with one attached hydrogen (secondary N) is 1. The number of hydrogen-bond acceptors (Lipinski definition) is 4. The number of rotatable bonds is 7. The molecule has 25 heavy (non-hydrogen) atoms. The van der Waals surface area contributed by atoms with Crippen molar-refractivity contribution in [1.29, 1.82) is 0 Å². The Morgan fingerprint density at radius 2 is 2.12 bits per heavy atom. The molecule has 0 aromatic heterocycles. The molecule has 1 rings (SSSR count). The Labute approximate surface area is 163 Å². The van der Waals surface area contributed by atoms with E-state index < -0.39 is 12.8 Å². The number of nitrogens with zero attached hydrogens (tertiary/aromatic N) is 2. The average Bonchev–Trinajstić information content (AvgIpc) is 2.53. The summed E-state index contributed by atoms with van der Waals surface area (Å²) < 4.78 is 45.4. The van der Waals surface area contributed by atoms with E-state index in [0.29, 0.717) is 32.1 Å². The summed E-state index contributed by atoms with van der Waals surface area (Å²) in [7, 11) is 1.64. The fraction of sp³-hybridized carbons (Fsp3) is 0.867. The van der Waals surface area contributed by atoms with Crippen LogP contribution in [0, 0.1) is 5.92 Å². The Bertz CT molecular complexity index is 423. The molecule has 0 bridgehead atoms. The van der Waals surface area contributed by atoms with Crippen LogP contribution in [0.5, 0.6) is 0 Å². The first-order valence-corrected chi connectivity index (χ1v) is 8.14. The van der Waals surface area contributed by atoms with Gasteiger partial charge in [0.2, 0.25) is 0 Å². The molecule has 0 aliphatic carbocycles. The zero-order valence-electron chi connectivity index (χ0n) is 14.6. The van der Waals surface area contributed by atoms with E-state index in [9.17, 15) is 18.0 Å². The van der Waals surface area contributed by atoms with E-state index in [-0.39, 0.29) is 42.5 Å². The number of aliphatic imine (C=N–C) groups is 1. The third-order valence-electron chi connectivity index (χ3n) is 3.57. The zero-order valence-corrected chi connectivity index (χ0v) is 16.9. The molecule has 0 saturated carbocycles. The van der Waals surface area contributed by atoms with Crippen LogP contribution in [0.4, 0.5) is 13.2 Å². The smallest absolute Gasteiger partial charge is 0.411 e. The third kappa shape index (κ3) is 10.1. The van der Waals surface area contributed by atoms with Crippen LogP contribution in [0.1, 0.15) is 26.2 Å². The number of alkyl halides is 3. The SMILES string of the molecule is CCOC(=O)C1CCCN(C(=NC)NCCCOCC(F)(F)F)C1.I. The van der Waals surface area contributed by atoms with Gasteiger partial charge >= 0.3 is 12.1 Å². The van der Waals surface area contributed by atoms with Gasteiger partial charge in [0.05, 0.1) is 12.5 Å². The monoisotopic (exact) mass is 481 g/mol. The number of carbonyl (C=O) groups excluding carboxylic acids is 1. The Morgan fingerprint density at radius 1 is 1.40 bits per heavy atom. The minimum absolute atomic E-state index is 0. The third-order valence-corrected chi connectivity index (χ3v) is 3.57. The van der Waals surface area contributed by atoms with Gasteiger partial charge in [0.25, 0.3) is 0 Å². The summed E-state index contributed by atoms with van der Waals surface area (Å²) in [6.45, 7) is 2.69. The summed E-state index contributed by atoms with van der Waals surface area (Å²) in [6, 6.07) is 0. The molecular formula is C15H27F3IN3O3. The Morgan fingerprint density at radius 3 is 2.72 bits per heavy atom. The van der Waals surface area contributed by atoms with E-state index in [4.69, 9.17) is 4.74 Å². The highest BCUT2D eigenvalue weighted by Gasteiger charge is 2.28.